The van der Waals surface area contributed by atoms with Crippen LogP contribution < -0.4 is 15.6 Å². The number of halogens is 1. The zero-order valence-corrected chi connectivity index (χ0v) is 13.9. The highest BCUT2D eigenvalue weighted by atomic mass is 19.1. The van der Waals surface area contributed by atoms with Crippen LogP contribution in [0.5, 0.6) is 5.75 Å². The number of ether oxygens (including phenoxy) is 2. The standard InChI is InChI=1S/C18H19FN2O4/c1-12(25-16-6-4-3-5-15(16)19)17(22)20-21-18(23)14-9-7-13(8-10-14)11-24-2/h3-10,12H,11H2,1-2H3,(H,20,22)(H,21,23)/t12-/m0/s1. The van der Waals surface area contributed by atoms with Gasteiger partial charge in [0.25, 0.3) is 11.8 Å². The third-order valence-electron chi connectivity index (χ3n) is 3.34. The number of hydrogen-bond donors (Lipinski definition) is 2. The highest BCUT2D eigenvalue weighted by Gasteiger charge is 2.17. The maximum absolute atomic E-state index is 13.5. The molecule has 0 spiro atoms. The van der Waals surface area contributed by atoms with Crippen molar-refractivity contribution in [2.24, 2.45) is 0 Å². The van der Waals surface area contributed by atoms with Gasteiger partial charge in [-0.15, -0.1) is 0 Å². The fraction of sp³-hybridized carbons (Fsp3) is 0.222. The summed E-state index contributed by atoms with van der Waals surface area (Å²) in [5.74, 6) is -1.68. The van der Waals surface area contributed by atoms with Crippen molar-refractivity contribution in [3.05, 3.63) is 65.5 Å². The van der Waals surface area contributed by atoms with Crippen LogP contribution in [0.2, 0.25) is 0 Å². The van der Waals surface area contributed by atoms with Gasteiger partial charge in [-0.05, 0) is 36.8 Å². The molecule has 0 saturated heterocycles. The lowest BCUT2D eigenvalue weighted by atomic mass is 10.1. The molecule has 7 heteroatoms. The van der Waals surface area contributed by atoms with E-state index < -0.39 is 23.7 Å². The number of hydrazine groups is 1. The van der Waals surface area contributed by atoms with E-state index in [2.05, 4.69) is 10.9 Å². The molecule has 0 aromatic heterocycles. The predicted octanol–water partition coefficient (Wildman–Crippen LogP) is 2.20. The summed E-state index contributed by atoms with van der Waals surface area (Å²) in [6.07, 6.45) is -0.985. The topological polar surface area (TPSA) is 76.7 Å². The number of benzene rings is 2. The van der Waals surface area contributed by atoms with Gasteiger partial charge in [0.15, 0.2) is 17.7 Å². The minimum atomic E-state index is -0.985. The van der Waals surface area contributed by atoms with E-state index in [9.17, 15) is 14.0 Å². The van der Waals surface area contributed by atoms with Crippen LogP contribution >= 0.6 is 0 Å². The van der Waals surface area contributed by atoms with Crippen LogP contribution in [-0.4, -0.2) is 25.0 Å². The molecule has 0 bridgehead atoms. The number of nitrogens with one attached hydrogen (secondary N) is 2. The Hall–Kier alpha value is -2.93. The third kappa shape index (κ3) is 5.29. The Morgan fingerprint density at radius 3 is 2.40 bits per heavy atom. The Balaban J connectivity index is 1.86. The van der Waals surface area contributed by atoms with E-state index in [-0.39, 0.29) is 5.75 Å². The van der Waals surface area contributed by atoms with Gasteiger partial charge in [-0.2, -0.15) is 0 Å². The Morgan fingerprint density at radius 2 is 1.76 bits per heavy atom. The molecule has 0 radical (unpaired) electrons. The minimum Gasteiger partial charge on any atom is -0.478 e. The molecular weight excluding hydrogens is 327 g/mol. The Bertz CT molecular complexity index is 734. The van der Waals surface area contributed by atoms with Crippen molar-refractivity contribution in [2.75, 3.05) is 7.11 Å². The molecule has 0 fully saturated rings. The van der Waals surface area contributed by atoms with Gasteiger partial charge in [0, 0.05) is 12.7 Å². The maximum atomic E-state index is 13.5. The SMILES string of the molecule is COCc1ccc(C(=O)NNC(=O)[C@H](C)Oc2ccccc2F)cc1. The number of carbonyl (C=O) groups excluding carboxylic acids is 2. The average Bonchev–Trinajstić information content (AvgIpc) is 2.62. The van der Waals surface area contributed by atoms with Crippen molar-refractivity contribution in [2.45, 2.75) is 19.6 Å². The molecular formula is C18H19FN2O4. The van der Waals surface area contributed by atoms with E-state index in [1.807, 2.05) is 0 Å². The first kappa shape index (κ1) is 18.4. The first-order valence-electron chi connectivity index (χ1n) is 7.60. The number of amides is 2. The molecule has 0 aliphatic heterocycles. The summed E-state index contributed by atoms with van der Waals surface area (Å²) in [6.45, 7) is 1.90. The summed E-state index contributed by atoms with van der Waals surface area (Å²) in [6, 6.07) is 12.5. The van der Waals surface area contributed by atoms with Crippen molar-refractivity contribution >= 4 is 11.8 Å². The zero-order chi connectivity index (χ0) is 18.2. The molecule has 2 amide bonds. The fourth-order valence-electron chi connectivity index (χ4n) is 2.00. The van der Waals surface area contributed by atoms with Gasteiger partial charge in [0.05, 0.1) is 6.61 Å². The second kappa shape index (κ2) is 8.79. The summed E-state index contributed by atoms with van der Waals surface area (Å²) >= 11 is 0. The Labute approximate surface area is 144 Å². The lowest BCUT2D eigenvalue weighted by molar-refractivity contribution is -0.128. The summed E-state index contributed by atoms with van der Waals surface area (Å²) in [7, 11) is 1.58. The first-order valence-corrected chi connectivity index (χ1v) is 7.60. The number of hydrogen-bond acceptors (Lipinski definition) is 4. The van der Waals surface area contributed by atoms with Crippen LogP contribution in [0, 0.1) is 5.82 Å². The molecule has 0 unspecified atom stereocenters. The minimum absolute atomic E-state index is 0.0368. The van der Waals surface area contributed by atoms with Gasteiger partial charge in [0.1, 0.15) is 0 Å². The normalized spacial score (nSPS) is 11.5. The van der Waals surface area contributed by atoms with E-state index >= 15 is 0 Å². The molecule has 0 heterocycles. The highest BCUT2D eigenvalue weighted by Crippen LogP contribution is 2.16. The van der Waals surface area contributed by atoms with Gasteiger partial charge >= 0.3 is 0 Å². The summed E-state index contributed by atoms with van der Waals surface area (Å²) in [5.41, 5.74) is 5.84. The van der Waals surface area contributed by atoms with Gasteiger partial charge in [-0.25, -0.2) is 4.39 Å². The van der Waals surface area contributed by atoms with Crippen LogP contribution in [0.25, 0.3) is 0 Å². The Morgan fingerprint density at radius 1 is 1.08 bits per heavy atom. The van der Waals surface area contributed by atoms with E-state index in [1.165, 1.54) is 25.1 Å². The quantitative estimate of drug-likeness (QED) is 0.786. The molecule has 2 aromatic rings. The largest absolute Gasteiger partial charge is 0.478 e. The molecule has 6 nitrogen and oxygen atoms in total. The highest BCUT2D eigenvalue weighted by molar-refractivity contribution is 5.95. The molecule has 132 valence electrons. The van der Waals surface area contributed by atoms with Crippen LogP contribution in [0.15, 0.2) is 48.5 Å². The van der Waals surface area contributed by atoms with Crippen molar-refractivity contribution in [1.29, 1.82) is 0 Å². The first-order chi connectivity index (χ1) is 12.0. The molecule has 0 saturated carbocycles. The lowest BCUT2D eigenvalue weighted by Crippen LogP contribution is -2.47. The van der Waals surface area contributed by atoms with E-state index in [0.29, 0.717) is 12.2 Å². The zero-order valence-electron chi connectivity index (χ0n) is 13.9. The summed E-state index contributed by atoms with van der Waals surface area (Å²) in [4.78, 5) is 23.9. The monoisotopic (exact) mass is 346 g/mol. The van der Waals surface area contributed by atoms with Gasteiger partial charge < -0.3 is 9.47 Å². The van der Waals surface area contributed by atoms with E-state index in [4.69, 9.17) is 9.47 Å². The second-order valence-corrected chi connectivity index (χ2v) is 5.26. The molecule has 2 aromatic carbocycles. The molecule has 0 aliphatic rings. The van der Waals surface area contributed by atoms with Gasteiger partial charge in [-0.1, -0.05) is 24.3 Å². The van der Waals surface area contributed by atoms with Crippen LogP contribution in [0.3, 0.4) is 0 Å². The number of methoxy groups -OCH3 is 1. The fourth-order valence-corrected chi connectivity index (χ4v) is 2.00. The van der Waals surface area contributed by atoms with Crippen molar-refractivity contribution in [1.82, 2.24) is 10.9 Å². The third-order valence-corrected chi connectivity index (χ3v) is 3.34. The van der Waals surface area contributed by atoms with Gasteiger partial charge in [-0.3, -0.25) is 20.4 Å². The molecule has 2 N–H and O–H groups in total. The molecule has 2 rings (SSSR count). The molecule has 0 aliphatic carbocycles. The maximum Gasteiger partial charge on any atom is 0.279 e. The van der Waals surface area contributed by atoms with E-state index in [0.717, 1.165) is 5.56 Å². The van der Waals surface area contributed by atoms with Gasteiger partial charge in [0.2, 0.25) is 0 Å². The summed E-state index contributed by atoms with van der Waals surface area (Å²) < 4.78 is 23.7. The van der Waals surface area contributed by atoms with Crippen molar-refractivity contribution in [3.8, 4) is 5.75 Å². The van der Waals surface area contributed by atoms with Crippen LogP contribution in [-0.2, 0) is 16.1 Å². The van der Waals surface area contributed by atoms with Crippen LogP contribution in [0.1, 0.15) is 22.8 Å². The number of rotatable bonds is 6. The number of carbonyl (C=O) groups is 2. The molecule has 1 atom stereocenters. The summed E-state index contributed by atoms with van der Waals surface area (Å²) in [5, 5.41) is 0. The molecule has 25 heavy (non-hydrogen) atoms. The smallest absolute Gasteiger partial charge is 0.279 e. The van der Waals surface area contributed by atoms with E-state index in [1.54, 1.807) is 37.4 Å². The average molecular weight is 346 g/mol. The van der Waals surface area contributed by atoms with Crippen LogP contribution in [0.4, 0.5) is 4.39 Å². The lowest BCUT2D eigenvalue weighted by Gasteiger charge is -2.15. The van der Waals surface area contributed by atoms with Crippen molar-refractivity contribution in [3.63, 3.8) is 0 Å². The predicted molar refractivity (Wildman–Crippen MR) is 89.3 cm³/mol. The Kier molecular flexibility index (Phi) is 6.47. The second-order valence-electron chi connectivity index (χ2n) is 5.26. The van der Waals surface area contributed by atoms with Crippen molar-refractivity contribution < 1.29 is 23.5 Å². The number of para-hydroxylation sites is 1.